The molecule has 0 fully saturated rings. The fourth-order valence-corrected chi connectivity index (χ4v) is 2.59. The second-order valence-electron chi connectivity index (χ2n) is 3.79. The van der Waals surface area contributed by atoms with Crippen molar-refractivity contribution in [1.82, 2.24) is 15.0 Å². The molecule has 0 saturated heterocycles. The normalized spacial score (nSPS) is 11.5. The number of aromatic nitrogens is 3. The molecule has 0 spiro atoms. The van der Waals surface area contributed by atoms with E-state index < -0.39 is 10.0 Å². The molecule has 2 rings (SSSR count). The third-order valence-corrected chi connectivity index (χ3v) is 3.77. The van der Waals surface area contributed by atoms with Gasteiger partial charge in [-0.05, 0) is 25.5 Å². The van der Waals surface area contributed by atoms with Gasteiger partial charge in [-0.1, -0.05) is 11.6 Å². The first kappa shape index (κ1) is 12.8. The van der Waals surface area contributed by atoms with Crippen LogP contribution in [-0.4, -0.2) is 23.4 Å². The molecule has 96 valence electrons. The lowest BCUT2D eigenvalue weighted by Crippen LogP contribution is -2.14. The number of nitrogens with zero attached hydrogens (tertiary/aromatic N) is 2. The lowest BCUT2D eigenvalue weighted by Gasteiger charge is -2.07. The first-order chi connectivity index (χ1) is 8.38. The predicted octanol–water partition coefficient (Wildman–Crippen LogP) is 1.88. The van der Waals surface area contributed by atoms with Crippen molar-refractivity contribution in [2.75, 3.05) is 4.72 Å². The van der Waals surface area contributed by atoms with Crippen LogP contribution in [0, 0.1) is 13.8 Å². The third kappa shape index (κ3) is 2.62. The van der Waals surface area contributed by atoms with Gasteiger partial charge in [-0.3, -0.25) is 4.72 Å². The second-order valence-corrected chi connectivity index (χ2v) is 5.80. The highest BCUT2D eigenvalue weighted by atomic mass is 35.5. The van der Waals surface area contributed by atoms with Gasteiger partial charge in [0.1, 0.15) is 5.82 Å². The molecular weight excluding hydrogens is 276 g/mol. The first-order valence-electron chi connectivity index (χ1n) is 5.05. The zero-order valence-electron chi connectivity index (χ0n) is 9.73. The molecular formula is C10H11ClN4O2S. The van der Waals surface area contributed by atoms with Crippen LogP contribution in [0.2, 0.25) is 5.15 Å². The number of aryl methyl sites for hydroxylation is 2. The highest BCUT2D eigenvalue weighted by molar-refractivity contribution is 7.92. The van der Waals surface area contributed by atoms with Gasteiger partial charge in [0.15, 0.2) is 10.2 Å². The fourth-order valence-electron chi connectivity index (χ4n) is 1.36. The molecule has 18 heavy (non-hydrogen) atoms. The van der Waals surface area contributed by atoms with Crippen LogP contribution in [0.3, 0.4) is 0 Å². The lowest BCUT2D eigenvalue weighted by atomic mass is 10.3. The molecule has 2 N–H and O–H groups in total. The molecule has 8 heteroatoms. The second kappa shape index (κ2) is 4.58. The van der Waals surface area contributed by atoms with E-state index in [1.54, 1.807) is 26.1 Å². The first-order valence-corrected chi connectivity index (χ1v) is 6.91. The van der Waals surface area contributed by atoms with E-state index in [4.69, 9.17) is 11.6 Å². The molecule has 6 nitrogen and oxygen atoms in total. The minimum Gasteiger partial charge on any atom is -0.332 e. The summed E-state index contributed by atoms with van der Waals surface area (Å²) >= 11 is 5.83. The highest BCUT2D eigenvalue weighted by Crippen LogP contribution is 2.22. The van der Waals surface area contributed by atoms with Gasteiger partial charge >= 0.3 is 0 Å². The molecule has 0 aliphatic heterocycles. The number of H-pyrrole nitrogens is 1. The molecule has 0 radical (unpaired) electrons. The summed E-state index contributed by atoms with van der Waals surface area (Å²) in [6, 6.07) is 1.61. The highest BCUT2D eigenvalue weighted by Gasteiger charge is 2.18. The van der Waals surface area contributed by atoms with Gasteiger partial charge < -0.3 is 4.98 Å². The standard InChI is InChI=1S/C10H11ClN4O2S/c1-6-3-8(10(11)13-4-6)15-18(16,17)9-5-12-7(2)14-9/h3-5,15H,1-2H3,(H,12,14). The Labute approximate surface area is 109 Å². The number of imidazole rings is 1. The van der Waals surface area contributed by atoms with Crippen molar-refractivity contribution in [3.8, 4) is 0 Å². The Kier molecular flexibility index (Phi) is 3.27. The summed E-state index contributed by atoms with van der Waals surface area (Å²) in [7, 11) is -3.72. The molecule has 0 aromatic carbocycles. The minimum atomic E-state index is -3.72. The van der Waals surface area contributed by atoms with Crippen LogP contribution in [0.5, 0.6) is 0 Å². The van der Waals surface area contributed by atoms with E-state index in [1.807, 2.05) is 0 Å². The molecule has 0 unspecified atom stereocenters. The summed E-state index contributed by atoms with van der Waals surface area (Å²) in [6.45, 7) is 3.46. The summed E-state index contributed by atoms with van der Waals surface area (Å²) in [5, 5.41) is 0.0815. The molecule has 2 aromatic rings. The zero-order chi connectivity index (χ0) is 13.3. The Morgan fingerprint density at radius 1 is 1.28 bits per heavy atom. The maximum atomic E-state index is 12.0. The van der Waals surface area contributed by atoms with Gasteiger partial charge in [-0.15, -0.1) is 0 Å². The van der Waals surface area contributed by atoms with E-state index in [0.29, 0.717) is 5.82 Å². The quantitative estimate of drug-likeness (QED) is 0.843. The third-order valence-electron chi connectivity index (χ3n) is 2.19. The largest absolute Gasteiger partial charge is 0.332 e. The Morgan fingerprint density at radius 2 is 2.00 bits per heavy atom. The predicted molar refractivity (Wildman–Crippen MR) is 68.1 cm³/mol. The van der Waals surface area contributed by atoms with Crippen LogP contribution >= 0.6 is 11.6 Å². The number of anilines is 1. The number of hydrogen-bond acceptors (Lipinski definition) is 4. The summed E-state index contributed by atoms with van der Waals surface area (Å²) in [5.41, 5.74) is 1.04. The van der Waals surface area contributed by atoms with Crippen molar-refractivity contribution in [2.45, 2.75) is 18.9 Å². The molecule has 0 atom stereocenters. The summed E-state index contributed by atoms with van der Waals surface area (Å²) in [5.74, 6) is 0.517. The zero-order valence-corrected chi connectivity index (χ0v) is 11.3. The monoisotopic (exact) mass is 286 g/mol. The van der Waals surface area contributed by atoms with Gasteiger partial charge in [-0.25, -0.2) is 9.97 Å². The van der Waals surface area contributed by atoms with Crippen molar-refractivity contribution in [2.24, 2.45) is 0 Å². The van der Waals surface area contributed by atoms with Crippen LogP contribution in [0.25, 0.3) is 0 Å². The average Bonchev–Trinajstić information content (AvgIpc) is 2.71. The number of sulfonamides is 1. The van der Waals surface area contributed by atoms with E-state index in [9.17, 15) is 8.42 Å². The summed E-state index contributed by atoms with van der Waals surface area (Å²) in [4.78, 5) is 10.4. The van der Waals surface area contributed by atoms with Crippen LogP contribution in [0.15, 0.2) is 23.5 Å². The molecule has 0 bridgehead atoms. The maximum absolute atomic E-state index is 12.0. The molecule has 0 amide bonds. The Hall–Kier alpha value is -1.60. The molecule has 2 aromatic heterocycles. The Balaban J connectivity index is 2.36. The number of halogens is 1. The van der Waals surface area contributed by atoms with Crippen LogP contribution in [0.4, 0.5) is 5.69 Å². The number of aromatic amines is 1. The SMILES string of the molecule is Cc1cnc(Cl)c(NS(=O)(=O)c2cnc(C)[nH]2)c1. The van der Waals surface area contributed by atoms with Crippen molar-refractivity contribution >= 4 is 27.3 Å². The van der Waals surface area contributed by atoms with Gasteiger partial charge in [0.25, 0.3) is 10.0 Å². The number of pyridine rings is 1. The number of rotatable bonds is 3. The van der Waals surface area contributed by atoms with Crippen molar-refractivity contribution in [3.63, 3.8) is 0 Å². The van der Waals surface area contributed by atoms with E-state index in [0.717, 1.165) is 5.56 Å². The molecule has 0 aliphatic rings. The fraction of sp³-hybridized carbons (Fsp3) is 0.200. The molecule has 0 aliphatic carbocycles. The van der Waals surface area contributed by atoms with Crippen molar-refractivity contribution < 1.29 is 8.42 Å². The molecule has 2 heterocycles. The minimum absolute atomic E-state index is 0.0161. The van der Waals surface area contributed by atoms with Gasteiger partial charge in [0.2, 0.25) is 0 Å². The smallest absolute Gasteiger partial charge is 0.279 e. The van der Waals surface area contributed by atoms with E-state index in [-0.39, 0.29) is 15.9 Å². The number of nitrogens with one attached hydrogen (secondary N) is 2. The maximum Gasteiger partial charge on any atom is 0.279 e. The van der Waals surface area contributed by atoms with Crippen LogP contribution in [-0.2, 0) is 10.0 Å². The van der Waals surface area contributed by atoms with E-state index in [2.05, 4.69) is 19.7 Å². The topological polar surface area (TPSA) is 87.7 Å². The average molecular weight is 287 g/mol. The van der Waals surface area contributed by atoms with Crippen LogP contribution < -0.4 is 4.72 Å². The lowest BCUT2D eigenvalue weighted by molar-refractivity contribution is 0.598. The Morgan fingerprint density at radius 3 is 2.61 bits per heavy atom. The van der Waals surface area contributed by atoms with Crippen LogP contribution in [0.1, 0.15) is 11.4 Å². The molecule has 0 saturated carbocycles. The van der Waals surface area contributed by atoms with Gasteiger partial charge in [-0.2, -0.15) is 8.42 Å². The summed E-state index contributed by atoms with van der Waals surface area (Å²) < 4.78 is 26.4. The van der Waals surface area contributed by atoms with E-state index in [1.165, 1.54) is 6.20 Å². The summed E-state index contributed by atoms with van der Waals surface area (Å²) in [6.07, 6.45) is 2.80. The van der Waals surface area contributed by atoms with Gasteiger partial charge in [0, 0.05) is 6.20 Å². The number of hydrogen-bond donors (Lipinski definition) is 2. The van der Waals surface area contributed by atoms with E-state index >= 15 is 0 Å². The van der Waals surface area contributed by atoms with Crippen molar-refractivity contribution in [1.29, 1.82) is 0 Å². The van der Waals surface area contributed by atoms with Crippen molar-refractivity contribution in [3.05, 3.63) is 35.0 Å². The van der Waals surface area contributed by atoms with Gasteiger partial charge in [0.05, 0.1) is 11.9 Å². The Bertz CT molecular complexity index is 681.